The molecule has 9 heteroatoms. The number of rotatable bonds is 8. The molecule has 3 heterocycles. The number of nitrogens with one attached hydrogen (secondary N) is 1. The summed E-state index contributed by atoms with van der Waals surface area (Å²) in [6, 6.07) is 0. The fourth-order valence-corrected chi connectivity index (χ4v) is 3.79. The van der Waals surface area contributed by atoms with Crippen molar-refractivity contribution in [2.45, 2.75) is 52.1 Å². The third-order valence-corrected chi connectivity index (χ3v) is 5.26. The molecule has 1 fully saturated rings. The largest absolute Gasteiger partial charge is 0.382 e. The van der Waals surface area contributed by atoms with Crippen LogP contribution in [0.25, 0.3) is 0 Å². The van der Waals surface area contributed by atoms with Crippen LogP contribution in [-0.4, -0.2) is 72.2 Å². The van der Waals surface area contributed by atoms with Crippen molar-refractivity contribution in [1.82, 2.24) is 25.0 Å². The third kappa shape index (κ3) is 6.55. The minimum atomic E-state index is 0. The predicted molar refractivity (Wildman–Crippen MR) is 120 cm³/mol. The van der Waals surface area contributed by atoms with Gasteiger partial charge in [-0.2, -0.15) is 0 Å². The zero-order chi connectivity index (χ0) is 18.9. The molecule has 1 atom stereocenters. The van der Waals surface area contributed by atoms with E-state index in [-0.39, 0.29) is 24.0 Å². The fourth-order valence-electron chi connectivity index (χ4n) is 3.79. The van der Waals surface area contributed by atoms with Gasteiger partial charge < -0.3 is 24.3 Å². The molecule has 0 aliphatic carbocycles. The highest BCUT2D eigenvalue weighted by Crippen LogP contribution is 2.18. The summed E-state index contributed by atoms with van der Waals surface area (Å²) in [4.78, 5) is 7.21. The second-order valence-electron chi connectivity index (χ2n) is 7.33. The molecule has 1 unspecified atom stereocenters. The quantitative estimate of drug-likeness (QED) is 0.252. The van der Waals surface area contributed by atoms with Crippen molar-refractivity contribution in [2.24, 2.45) is 10.9 Å². The Bertz CT molecular complexity index is 609. The minimum Gasteiger partial charge on any atom is -0.382 e. The minimum absolute atomic E-state index is 0. The van der Waals surface area contributed by atoms with Crippen LogP contribution < -0.4 is 5.32 Å². The Morgan fingerprint density at radius 2 is 2.11 bits per heavy atom. The third-order valence-electron chi connectivity index (χ3n) is 5.26. The number of guanidine groups is 1. The van der Waals surface area contributed by atoms with E-state index in [1.807, 2.05) is 0 Å². The van der Waals surface area contributed by atoms with Crippen molar-refractivity contribution >= 4 is 29.9 Å². The Morgan fingerprint density at radius 3 is 2.93 bits per heavy atom. The first-order valence-corrected chi connectivity index (χ1v) is 10.3. The van der Waals surface area contributed by atoms with E-state index in [0.29, 0.717) is 25.7 Å². The van der Waals surface area contributed by atoms with Crippen molar-refractivity contribution in [3.05, 3.63) is 11.6 Å². The summed E-state index contributed by atoms with van der Waals surface area (Å²) >= 11 is 0. The maximum absolute atomic E-state index is 5.71. The van der Waals surface area contributed by atoms with Gasteiger partial charge in [0.05, 0.1) is 19.8 Å². The monoisotopic (exact) mass is 506 g/mol. The van der Waals surface area contributed by atoms with Crippen LogP contribution in [0.3, 0.4) is 0 Å². The number of aryl methyl sites for hydroxylation is 1. The Kier molecular flexibility index (Phi) is 10.5. The molecule has 2 aliphatic heterocycles. The molecule has 0 bridgehead atoms. The van der Waals surface area contributed by atoms with Gasteiger partial charge in [-0.15, -0.1) is 34.2 Å². The van der Waals surface area contributed by atoms with Crippen molar-refractivity contribution in [1.29, 1.82) is 0 Å². The van der Waals surface area contributed by atoms with Gasteiger partial charge >= 0.3 is 0 Å². The standard InChI is InChI=1S/C19H34N6O2.HI/c1-3-20-19(24-10-8-16(14-24)15-27-12-11-26-2)21-13-18-23-22-17-7-5-4-6-9-25(17)18;/h16H,3-15H2,1-2H3,(H,20,21);1H. The Morgan fingerprint density at radius 1 is 1.21 bits per heavy atom. The lowest BCUT2D eigenvalue weighted by Gasteiger charge is -2.21. The lowest BCUT2D eigenvalue weighted by atomic mass is 10.1. The molecule has 1 saturated heterocycles. The van der Waals surface area contributed by atoms with Gasteiger partial charge in [-0.25, -0.2) is 4.99 Å². The highest BCUT2D eigenvalue weighted by atomic mass is 127. The number of hydrogen-bond donors (Lipinski definition) is 1. The molecule has 0 radical (unpaired) electrons. The van der Waals surface area contributed by atoms with E-state index < -0.39 is 0 Å². The van der Waals surface area contributed by atoms with Gasteiger partial charge in [0.15, 0.2) is 11.8 Å². The van der Waals surface area contributed by atoms with Gasteiger partial charge in [0, 0.05) is 45.6 Å². The first kappa shape index (κ1) is 23.3. The average molecular weight is 506 g/mol. The molecule has 28 heavy (non-hydrogen) atoms. The number of fused-ring (bicyclic) bond motifs is 1. The molecule has 1 aromatic heterocycles. The fraction of sp³-hybridized carbons (Fsp3) is 0.842. The van der Waals surface area contributed by atoms with E-state index >= 15 is 0 Å². The SMILES string of the molecule is CCNC(=NCc1nnc2n1CCCCC2)N1CCC(COCCOC)C1.I. The second kappa shape index (κ2) is 12.6. The summed E-state index contributed by atoms with van der Waals surface area (Å²) in [6.07, 6.45) is 5.87. The number of ether oxygens (including phenoxy) is 2. The normalized spacial score (nSPS) is 19.9. The van der Waals surface area contributed by atoms with Gasteiger partial charge in [-0.3, -0.25) is 0 Å². The maximum atomic E-state index is 5.71. The van der Waals surface area contributed by atoms with Crippen LogP contribution in [-0.2, 0) is 29.0 Å². The van der Waals surface area contributed by atoms with Crippen LogP contribution in [0.4, 0.5) is 0 Å². The van der Waals surface area contributed by atoms with Crippen LogP contribution >= 0.6 is 24.0 Å². The number of likely N-dealkylation sites (tertiary alicyclic amines) is 1. The van der Waals surface area contributed by atoms with Crippen molar-refractivity contribution in [3.8, 4) is 0 Å². The van der Waals surface area contributed by atoms with Gasteiger partial charge in [0.2, 0.25) is 0 Å². The van der Waals surface area contributed by atoms with Gasteiger partial charge in [-0.05, 0) is 26.2 Å². The van der Waals surface area contributed by atoms with Crippen molar-refractivity contribution in [3.63, 3.8) is 0 Å². The highest BCUT2D eigenvalue weighted by Gasteiger charge is 2.25. The van der Waals surface area contributed by atoms with Crippen molar-refractivity contribution in [2.75, 3.05) is 46.6 Å². The van der Waals surface area contributed by atoms with E-state index in [1.165, 1.54) is 19.3 Å². The zero-order valence-corrected chi connectivity index (χ0v) is 19.6. The first-order chi connectivity index (χ1) is 13.3. The summed E-state index contributed by atoms with van der Waals surface area (Å²) in [5.74, 6) is 3.64. The van der Waals surface area contributed by atoms with E-state index in [4.69, 9.17) is 14.5 Å². The first-order valence-electron chi connectivity index (χ1n) is 10.3. The van der Waals surface area contributed by atoms with E-state index in [0.717, 1.165) is 63.2 Å². The number of hydrogen-bond acceptors (Lipinski definition) is 5. The smallest absolute Gasteiger partial charge is 0.194 e. The molecule has 1 aromatic rings. The Hall–Kier alpha value is -0.940. The van der Waals surface area contributed by atoms with Gasteiger partial charge in [0.25, 0.3) is 0 Å². The average Bonchev–Trinajstić information content (AvgIpc) is 3.23. The van der Waals surface area contributed by atoms with Gasteiger partial charge in [0.1, 0.15) is 12.4 Å². The summed E-state index contributed by atoms with van der Waals surface area (Å²) in [5.41, 5.74) is 0. The Labute approximate surface area is 185 Å². The lowest BCUT2D eigenvalue weighted by molar-refractivity contribution is 0.0536. The van der Waals surface area contributed by atoms with E-state index in [2.05, 4.69) is 31.9 Å². The molecule has 0 amide bonds. The summed E-state index contributed by atoms with van der Waals surface area (Å²) in [6.45, 7) is 8.69. The molecular weight excluding hydrogens is 471 g/mol. The maximum Gasteiger partial charge on any atom is 0.194 e. The molecule has 8 nitrogen and oxygen atoms in total. The zero-order valence-electron chi connectivity index (χ0n) is 17.2. The number of nitrogens with zero attached hydrogens (tertiary/aromatic N) is 5. The number of aliphatic imine (C=N–C) groups is 1. The lowest BCUT2D eigenvalue weighted by Crippen LogP contribution is -2.40. The summed E-state index contributed by atoms with van der Waals surface area (Å²) < 4.78 is 13.0. The van der Waals surface area contributed by atoms with Gasteiger partial charge in [-0.1, -0.05) is 6.42 Å². The summed E-state index contributed by atoms with van der Waals surface area (Å²) in [5, 5.41) is 12.2. The topological polar surface area (TPSA) is 76.8 Å². The van der Waals surface area contributed by atoms with E-state index in [1.54, 1.807) is 7.11 Å². The number of methoxy groups -OCH3 is 1. The van der Waals surface area contributed by atoms with Crippen LogP contribution in [0.15, 0.2) is 4.99 Å². The molecule has 0 spiro atoms. The molecule has 160 valence electrons. The molecule has 0 saturated carbocycles. The summed E-state index contributed by atoms with van der Waals surface area (Å²) in [7, 11) is 1.70. The van der Waals surface area contributed by atoms with Crippen LogP contribution in [0, 0.1) is 5.92 Å². The van der Waals surface area contributed by atoms with E-state index in [9.17, 15) is 0 Å². The molecule has 0 aromatic carbocycles. The molecular formula is C19H35IN6O2. The highest BCUT2D eigenvalue weighted by molar-refractivity contribution is 14.0. The number of halogens is 1. The Balaban J connectivity index is 0.00000280. The van der Waals surface area contributed by atoms with Crippen LogP contribution in [0.1, 0.15) is 44.3 Å². The number of aromatic nitrogens is 3. The molecule has 2 aliphatic rings. The molecule has 3 rings (SSSR count). The van der Waals surface area contributed by atoms with Crippen LogP contribution in [0.2, 0.25) is 0 Å². The predicted octanol–water partition coefficient (Wildman–Crippen LogP) is 2.07. The van der Waals surface area contributed by atoms with Crippen molar-refractivity contribution < 1.29 is 9.47 Å². The molecule has 1 N–H and O–H groups in total. The van der Waals surface area contributed by atoms with Crippen LogP contribution in [0.5, 0.6) is 0 Å². The second-order valence-corrected chi connectivity index (χ2v) is 7.33.